The van der Waals surface area contributed by atoms with E-state index in [0.29, 0.717) is 11.3 Å². The summed E-state index contributed by atoms with van der Waals surface area (Å²) in [5.41, 5.74) is 1.74. The molecular formula is C16H27N. The monoisotopic (exact) mass is 233 g/mol. The van der Waals surface area contributed by atoms with Gasteiger partial charge in [-0.05, 0) is 47.3 Å². The zero-order valence-electron chi connectivity index (χ0n) is 12.2. The van der Waals surface area contributed by atoms with Crippen LogP contribution >= 0.6 is 0 Å². The van der Waals surface area contributed by atoms with Crippen LogP contribution in [0.15, 0.2) is 24.5 Å². The summed E-state index contributed by atoms with van der Waals surface area (Å²) in [6.07, 6.45) is 5.08. The van der Waals surface area contributed by atoms with Crippen molar-refractivity contribution >= 4 is 0 Å². The molecule has 17 heavy (non-hydrogen) atoms. The number of hydrogen-bond donors (Lipinski definition) is 0. The number of rotatable bonds is 4. The Labute approximate surface area is 107 Å². The van der Waals surface area contributed by atoms with Crippen LogP contribution < -0.4 is 0 Å². The first-order chi connectivity index (χ1) is 7.82. The molecule has 1 nitrogen and oxygen atoms in total. The van der Waals surface area contributed by atoms with E-state index in [9.17, 15) is 0 Å². The Balaban J connectivity index is 2.90. The molecular weight excluding hydrogens is 206 g/mol. The number of nitrogens with zero attached hydrogens (tertiary/aromatic N) is 1. The van der Waals surface area contributed by atoms with Gasteiger partial charge < -0.3 is 0 Å². The van der Waals surface area contributed by atoms with Gasteiger partial charge in [-0.1, -0.05) is 41.5 Å². The van der Waals surface area contributed by atoms with Gasteiger partial charge in [0.05, 0.1) is 0 Å². The summed E-state index contributed by atoms with van der Waals surface area (Å²) >= 11 is 0. The maximum atomic E-state index is 4.12. The summed E-state index contributed by atoms with van der Waals surface area (Å²) in [7, 11) is 0. The maximum absolute atomic E-state index is 4.12. The molecule has 96 valence electrons. The quantitative estimate of drug-likeness (QED) is 0.721. The van der Waals surface area contributed by atoms with E-state index in [4.69, 9.17) is 0 Å². The molecule has 0 aliphatic rings. The van der Waals surface area contributed by atoms with Gasteiger partial charge in [-0.3, -0.25) is 4.98 Å². The predicted molar refractivity (Wildman–Crippen MR) is 75.1 cm³/mol. The Morgan fingerprint density at radius 1 is 1.06 bits per heavy atom. The molecule has 0 fully saturated rings. The van der Waals surface area contributed by atoms with Crippen molar-refractivity contribution < 1.29 is 0 Å². The van der Waals surface area contributed by atoms with Gasteiger partial charge >= 0.3 is 0 Å². The van der Waals surface area contributed by atoms with Crippen molar-refractivity contribution in [3.63, 3.8) is 0 Å². The third-order valence-corrected chi connectivity index (χ3v) is 3.90. The normalized spacial score (nSPS) is 15.9. The lowest BCUT2D eigenvalue weighted by molar-refractivity contribution is 0.247. The standard InChI is InChI=1S/C16H27N/c1-12(2)13(3)11-15(16(4,5)6)14-7-9-17-10-8-14/h7-10,12-13,15H,11H2,1-6H3. The lowest BCUT2D eigenvalue weighted by atomic mass is 9.71. The van der Waals surface area contributed by atoms with Crippen molar-refractivity contribution in [1.82, 2.24) is 4.98 Å². The van der Waals surface area contributed by atoms with Gasteiger partial charge in [0, 0.05) is 12.4 Å². The van der Waals surface area contributed by atoms with Crippen molar-refractivity contribution in [2.45, 2.75) is 53.9 Å². The van der Waals surface area contributed by atoms with Gasteiger partial charge in [-0.15, -0.1) is 0 Å². The molecule has 0 aromatic carbocycles. The fourth-order valence-electron chi connectivity index (χ4n) is 2.23. The lowest BCUT2D eigenvalue weighted by Crippen LogP contribution is -2.22. The van der Waals surface area contributed by atoms with Crippen LogP contribution in [-0.2, 0) is 0 Å². The molecule has 1 rings (SSSR count). The van der Waals surface area contributed by atoms with Crippen LogP contribution in [-0.4, -0.2) is 4.98 Å². The van der Waals surface area contributed by atoms with Crippen LogP contribution in [0.2, 0.25) is 0 Å². The van der Waals surface area contributed by atoms with Crippen molar-refractivity contribution in [1.29, 1.82) is 0 Å². The number of pyridine rings is 1. The van der Waals surface area contributed by atoms with E-state index in [-0.39, 0.29) is 0 Å². The second-order valence-corrected chi connectivity index (χ2v) is 6.66. The Morgan fingerprint density at radius 2 is 1.59 bits per heavy atom. The largest absolute Gasteiger partial charge is 0.265 e. The van der Waals surface area contributed by atoms with Crippen LogP contribution in [0.25, 0.3) is 0 Å². The zero-order valence-corrected chi connectivity index (χ0v) is 12.2. The molecule has 0 aliphatic carbocycles. The van der Waals surface area contributed by atoms with E-state index in [1.54, 1.807) is 0 Å². The summed E-state index contributed by atoms with van der Waals surface area (Å²) in [6, 6.07) is 4.34. The maximum Gasteiger partial charge on any atom is 0.0270 e. The molecule has 0 bridgehead atoms. The van der Waals surface area contributed by atoms with Gasteiger partial charge in [0.25, 0.3) is 0 Å². The van der Waals surface area contributed by atoms with Crippen LogP contribution in [0.5, 0.6) is 0 Å². The SMILES string of the molecule is CC(C)C(C)CC(c1ccncc1)C(C)(C)C. The molecule has 0 N–H and O–H groups in total. The van der Waals surface area contributed by atoms with E-state index in [2.05, 4.69) is 58.7 Å². The summed E-state index contributed by atoms with van der Waals surface area (Å²) in [5, 5.41) is 0. The summed E-state index contributed by atoms with van der Waals surface area (Å²) < 4.78 is 0. The molecule has 0 amide bonds. The average molecular weight is 233 g/mol. The van der Waals surface area contributed by atoms with Gasteiger partial charge in [-0.25, -0.2) is 0 Å². The highest BCUT2D eigenvalue weighted by Crippen LogP contribution is 2.40. The van der Waals surface area contributed by atoms with Gasteiger partial charge in [0.1, 0.15) is 0 Å². The van der Waals surface area contributed by atoms with E-state index < -0.39 is 0 Å². The zero-order chi connectivity index (χ0) is 13.1. The summed E-state index contributed by atoms with van der Waals surface area (Å²) in [5.74, 6) is 2.12. The molecule has 0 radical (unpaired) electrons. The smallest absolute Gasteiger partial charge is 0.0270 e. The Hall–Kier alpha value is -0.850. The first kappa shape index (κ1) is 14.2. The Bertz CT molecular complexity index is 321. The van der Waals surface area contributed by atoms with Gasteiger partial charge in [0.15, 0.2) is 0 Å². The van der Waals surface area contributed by atoms with Crippen LogP contribution in [0, 0.1) is 17.3 Å². The molecule has 1 aromatic heterocycles. The predicted octanol–water partition coefficient (Wildman–Crippen LogP) is 4.89. The molecule has 1 heterocycles. The molecule has 0 saturated carbocycles. The lowest BCUT2D eigenvalue weighted by Gasteiger charge is -2.34. The molecule has 0 saturated heterocycles. The fraction of sp³-hybridized carbons (Fsp3) is 0.688. The minimum absolute atomic E-state index is 0.310. The highest BCUT2D eigenvalue weighted by molar-refractivity contribution is 5.18. The Kier molecular flexibility index (Phi) is 4.73. The van der Waals surface area contributed by atoms with Crippen LogP contribution in [0.3, 0.4) is 0 Å². The molecule has 1 aromatic rings. The average Bonchev–Trinajstić information content (AvgIpc) is 2.25. The highest BCUT2D eigenvalue weighted by Gasteiger charge is 2.28. The minimum atomic E-state index is 0.310. The topological polar surface area (TPSA) is 12.9 Å². The highest BCUT2D eigenvalue weighted by atomic mass is 14.6. The summed E-state index contributed by atoms with van der Waals surface area (Å²) in [6.45, 7) is 14.0. The third-order valence-electron chi connectivity index (χ3n) is 3.90. The molecule has 1 heteroatoms. The second kappa shape index (κ2) is 5.66. The first-order valence-corrected chi connectivity index (χ1v) is 6.72. The third kappa shape index (κ3) is 4.14. The van der Waals surface area contributed by atoms with Gasteiger partial charge in [-0.2, -0.15) is 0 Å². The fourth-order valence-corrected chi connectivity index (χ4v) is 2.23. The van der Waals surface area contributed by atoms with E-state index in [0.717, 1.165) is 11.8 Å². The van der Waals surface area contributed by atoms with E-state index in [1.165, 1.54) is 12.0 Å². The molecule has 2 unspecified atom stereocenters. The second-order valence-electron chi connectivity index (χ2n) is 6.66. The molecule has 0 aliphatic heterocycles. The van der Waals surface area contributed by atoms with Crippen molar-refractivity contribution in [2.75, 3.05) is 0 Å². The van der Waals surface area contributed by atoms with Crippen LogP contribution in [0.4, 0.5) is 0 Å². The van der Waals surface area contributed by atoms with Gasteiger partial charge in [0.2, 0.25) is 0 Å². The molecule has 2 atom stereocenters. The Morgan fingerprint density at radius 3 is 2.00 bits per heavy atom. The minimum Gasteiger partial charge on any atom is -0.265 e. The van der Waals surface area contributed by atoms with E-state index in [1.807, 2.05) is 12.4 Å². The van der Waals surface area contributed by atoms with E-state index >= 15 is 0 Å². The van der Waals surface area contributed by atoms with Crippen molar-refractivity contribution in [3.8, 4) is 0 Å². The number of aromatic nitrogens is 1. The van der Waals surface area contributed by atoms with Crippen molar-refractivity contribution in [2.24, 2.45) is 17.3 Å². The van der Waals surface area contributed by atoms with Crippen molar-refractivity contribution in [3.05, 3.63) is 30.1 Å². The molecule has 0 spiro atoms. The first-order valence-electron chi connectivity index (χ1n) is 6.72. The summed E-state index contributed by atoms with van der Waals surface area (Å²) in [4.78, 5) is 4.12. The number of hydrogen-bond acceptors (Lipinski definition) is 1. The van der Waals surface area contributed by atoms with Crippen LogP contribution in [0.1, 0.15) is 59.4 Å².